The zero-order valence-electron chi connectivity index (χ0n) is 36.4. The molecule has 0 aromatic heterocycles. The smallest absolute Gasteiger partial charge is 0.0780 e. The van der Waals surface area contributed by atoms with Crippen molar-refractivity contribution in [2.45, 2.75) is 183 Å². The summed E-state index contributed by atoms with van der Waals surface area (Å²) in [7, 11) is 0. The lowest BCUT2D eigenvalue weighted by atomic mass is 10.1. The maximum absolute atomic E-state index is 5.56. The molecule has 0 saturated heterocycles. The van der Waals surface area contributed by atoms with Crippen molar-refractivity contribution >= 4 is 11.8 Å². The predicted octanol–water partition coefficient (Wildman–Crippen LogP) is 13.9. The Labute approximate surface area is 305 Å². The van der Waals surface area contributed by atoms with Gasteiger partial charge in [0.2, 0.25) is 0 Å². The zero-order valence-corrected chi connectivity index (χ0v) is 37.2. The van der Waals surface area contributed by atoms with Gasteiger partial charge in [-0.2, -0.15) is 11.8 Å². The van der Waals surface area contributed by atoms with Crippen LogP contribution in [0.2, 0.25) is 0 Å². The van der Waals surface area contributed by atoms with E-state index < -0.39 is 0 Å². The SMILES string of the molecule is CC(C)COCC(C)C.CC(C)COCC(C)OCC(C)C.CCC(C)C.CCCC(C)C.CCCOCCC.CCCSCCC. The summed E-state index contributed by atoms with van der Waals surface area (Å²) in [6.07, 6.45) is 9.16. The van der Waals surface area contributed by atoms with Gasteiger partial charge in [0, 0.05) is 39.6 Å². The van der Waals surface area contributed by atoms with E-state index in [9.17, 15) is 0 Å². The van der Waals surface area contributed by atoms with Crippen LogP contribution in [0.15, 0.2) is 0 Å². The van der Waals surface area contributed by atoms with Crippen molar-refractivity contribution < 1.29 is 18.9 Å². The van der Waals surface area contributed by atoms with Crippen molar-refractivity contribution in [1.82, 2.24) is 0 Å². The van der Waals surface area contributed by atoms with Crippen LogP contribution in [0.4, 0.5) is 0 Å². The highest BCUT2D eigenvalue weighted by atomic mass is 32.2. The summed E-state index contributed by atoms with van der Waals surface area (Å²) in [6, 6.07) is 0. The van der Waals surface area contributed by atoms with Gasteiger partial charge in [-0.05, 0) is 79.6 Å². The Kier molecular flexibility index (Phi) is 66.9. The van der Waals surface area contributed by atoms with Crippen molar-refractivity contribution in [2.75, 3.05) is 57.8 Å². The second kappa shape index (κ2) is 53.0. The summed E-state index contributed by atoms with van der Waals surface area (Å²) < 4.78 is 21.5. The lowest BCUT2D eigenvalue weighted by molar-refractivity contribution is -0.0215. The fourth-order valence-corrected chi connectivity index (χ4v) is 3.55. The Morgan fingerprint density at radius 3 is 0.979 bits per heavy atom. The van der Waals surface area contributed by atoms with Gasteiger partial charge in [-0.25, -0.2) is 0 Å². The summed E-state index contributed by atoms with van der Waals surface area (Å²) >= 11 is 2.05. The molecule has 0 aromatic carbocycles. The zero-order chi connectivity index (χ0) is 37.9. The van der Waals surface area contributed by atoms with Crippen LogP contribution in [-0.4, -0.2) is 63.9 Å². The minimum Gasteiger partial charge on any atom is -0.381 e. The molecule has 0 bridgehead atoms. The first-order valence-corrected chi connectivity index (χ1v) is 21.1. The van der Waals surface area contributed by atoms with Crippen LogP contribution in [0, 0.1) is 35.5 Å². The molecule has 0 radical (unpaired) electrons. The highest BCUT2D eigenvalue weighted by molar-refractivity contribution is 7.99. The maximum Gasteiger partial charge on any atom is 0.0780 e. The van der Waals surface area contributed by atoms with Gasteiger partial charge in [-0.15, -0.1) is 0 Å². The van der Waals surface area contributed by atoms with E-state index in [-0.39, 0.29) is 6.10 Å². The topological polar surface area (TPSA) is 36.9 Å². The third-order valence-electron chi connectivity index (χ3n) is 5.50. The van der Waals surface area contributed by atoms with Gasteiger partial charge in [0.1, 0.15) is 0 Å². The lowest BCUT2D eigenvalue weighted by Crippen LogP contribution is -2.19. The Morgan fingerprint density at radius 2 is 0.745 bits per heavy atom. The quantitative estimate of drug-likeness (QED) is 0.105. The fraction of sp³-hybridized carbons (Fsp3) is 1.00. The standard InChI is InChI=1S/C11H24O2.C8H18O.C6H14O.C6H14S.C6H14.C5H12/c1-9(2)6-12-8-11(5)13-7-10(3)4;1-7(2)5-9-6-8(3)4;2*1-3-5-7-6-4-2;1-4-5-6(2)3;1-4-5(2)3/h9-11H,6-8H2,1-5H3;7-8H,5-6H2,1-4H3;2*3-6H2,1-2H3;6H,4-5H2,1-3H3;5H,4H2,1-3H3. The molecule has 0 N–H and O–H groups in total. The first-order chi connectivity index (χ1) is 22.0. The molecular formula is C42H96O4S. The molecule has 0 spiro atoms. The Bertz CT molecular complexity index is 442. The molecule has 0 heterocycles. The highest BCUT2D eigenvalue weighted by Crippen LogP contribution is 2.03. The molecule has 0 aliphatic carbocycles. The largest absolute Gasteiger partial charge is 0.381 e. The first kappa shape index (κ1) is 59.3. The average molecular weight is 697 g/mol. The molecule has 0 fully saturated rings. The van der Waals surface area contributed by atoms with E-state index in [1.165, 1.54) is 43.6 Å². The van der Waals surface area contributed by atoms with Gasteiger partial charge in [-0.3, -0.25) is 0 Å². The molecular weight excluding hydrogens is 601 g/mol. The van der Waals surface area contributed by atoms with E-state index in [4.69, 9.17) is 18.9 Å². The van der Waals surface area contributed by atoms with Crippen LogP contribution in [0.25, 0.3) is 0 Å². The molecule has 5 heteroatoms. The van der Waals surface area contributed by atoms with E-state index in [0.717, 1.165) is 64.3 Å². The van der Waals surface area contributed by atoms with E-state index in [2.05, 4.69) is 143 Å². The van der Waals surface area contributed by atoms with Crippen LogP contribution in [-0.2, 0) is 18.9 Å². The molecule has 47 heavy (non-hydrogen) atoms. The lowest BCUT2D eigenvalue weighted by Gasteiger charge is -2.15. The van der Waals surface area contributed by atoms with E-state index in [0.29, 0.717) is 30.3 Å². The number of ether oxygens (including phenoxy) is 4. The van der Waals surface area contributed by atoms with E-state index in [1.54, 1.807) is 0 Å². The Morgan fingerprint density at radius 1 is 0.383 bits per heavy atom. The third kappa shape index (κ3) is 99.0. The monoisotopic (exact) mass is 697 g/mol. The van der Waals surface area contributed by atoms with Crippen LogP contribution in [0.1, 0.15) is 176 Å². The molecule has 4 nitrogen and oxygen atoms in total. The molecule has 0 aliphatic rings. The van der Waals surface area contributed by atoms with Crippen molar-refractivity contribution in [1.29, 1.82) is 0 Å². The van der Waals surface area contributed by atoms with Crippen LogP contribution in [0.3, 0.4) is 0 Å². The average Bonchev–Trinajstić information content (AvgIpc) is 2.97. The van der Waals surface area contributed by atoms with Crippen molar-refractivity contribution in [2.24, 2.45) is 35.5 Å². The molecule has 0 aromatic rings. The normalized spacial score (nSPS) is 11.2. The second-order valence-electron chi connectivity index (χ2n) is 15.0. The van der Waals surface area contributed by atoms with Gasteiger partial charge in [-0.1, -0.05) is 144 Å². The summed E-state index contributed by atoms with van der Waals surface area (Å²) in [5.74, 6) is 7.02. The van der Waals surface area contributed by atoms with Crippen LogP contribution < -0.4 is 0 Å². The molecule has 294 valence electrons. The molecule has 0 saturated carbocycles. The predicted molar refractivity (Wildman–Crippen MR) is 221 cm³/mol. The molecule has 0 amide bonds. The van der Waals surface area contributed by atoms with Crippen molar-refractivity contribution in [3.8, 4) is 0 Å². The first-order valence-electron chi connectivity index (χ1n) is 19.9. The minimum atomic E-state index is 0.223. The summed E-state index contributed by atoms with van der Waals surface area (Å²) in [5, 5.41) is 0. The van der Waals surface area contributed by atoms with Crippen LogP contribution >= 0.6 is 11.8 Å². The Balaban J connectivity index is -0.000000111. The molecule has 1 atom stereocenters. The van der Waals surface area contributed by atoms with Gasteiger partial charge in [0.15, 0.2) is 0 Å². The van der Waals surface area contributed by atoms with Gasteiger partial charge >= 0.3 is 0 Å². The summed E-state index contributed by atoms with van der Waals surface area (Å²) in [5.41, 5.74) is 0. The summed E-state index contributed by atoms with van der Waals surface area (Å²) in [4.78, 5) is 0. The Hall–Kier alpha value is 0.190. The van der Waals surface area contributed by atoms with Crippen LogP contribution in [0.5, 0.6) is 0 Å². The summed E-state index contributed by atoms with van der Waals surface area (Å²) in [6.45, 7) is 47.4. The molecule has 0 rings (SSSR count). The van der Waals surface area contributed by atoms with Crippen molar-refractivity contribution in [3.63, 3.8) is 0 Å². The third-order valence-corrected chi connectivity index (χ3v) is 6.89. The number of hydrogen-bond acceptors (Lipinski definition) is 5. The van der Waals surface area contributed by atoms with E-state index >= 15 is 0 Å². The van der Waals surface area contributed by atoms with Gasteiger partial charge in [0.25, 0.3) is 0 Å². The second-order valence-corrected chi connectivity index (χ2v) is 16.2. The van der Waals surface area contributed by atoms with Gasteiger partial charge < -0.3 is 18.9 Å². The fourth-order valence-electron chi connectivity index (χ4n) is 2.77. The minimum absolute atomic E-state index is 0.223. The maximum atomic E-state index is 5.56. The van der Waals surface area contributed by atoms with Crippen molar-refractivity contribution in [3.05, 3.63) is 0 Å². The number of rotatable bonds is 22. The number of hydrogen-bond donors (Lipinski definition) is 0. The van der Waals surface area contributed by atoms with Gasteiger partial charge in [0.05, 0.1) is 12.7 Å². The molecule has 0 aliphatic heterocycles. The molecule has 1 unspecified atom stereocenters. The number of thioether (sulfide) groups is 1. The highest BCUT2D eigenvalue weighted by Gasteiger charge is 2.04. The van der Waals surface area contributed by atoms with E-state index in [1.807, 2.05) is 0 Å².